The number of aromatic nitrogens is 2. The van der Waals surface area contributed by atoms with Crippen LogP contribution in [0, 0.1) is 0 Å². The second-order valence-corrected chi connectivity index (χ2v) is 8.89. The molecule has 4 nitrogen and oxygen atoms in total. The maximum absolute atomic E-state index is 6.29. The molecule has 0 aliphatic heterocycles. The minimum absolute atomic E-state index is 0.107. The Morgan fingerprint density at radius 3 is 1.97 bits per heavy atom. The Balaban J connectivity index is 1.67. The highest BCUT2D eigenvalue weighted by molar-refractivity contribution is 6.06. The Labute approximate surface area is 188 Å². The molecule has 0 radical (unpaired) electrons. The summed E-state index contributed by atoms with van der Waals surface area (Å²) in [6.45, 7) is 6.64. The number of benzene rings is 3. The molecule has 3 aromatic carbocycles. The average molecular weight is 420 g/mol. The van der Waals surface area contributed by atoms with Crippen molar-refractivity contribution in [1.82, 2.24) is 9.97 Å². The molecule has 0 saturated heterocycles. The minimum Gasteiger partial charge on any atom is -0.437 e. The number of furan rings is 1. The maximum atomic E-state index is 6.29. The number of hydrogen-bond donors (Lipinski definition) is 1. The van der Waals surface area contributed by atoms with Gasteiger partial charge in [-0.3, -0.25) is 0 Å². The van der Waals surface area contributed by atoms with E-state index in [0.717, 1.165) is 39.3 Å². The highest BCUT2D eigenvalue weighted by Crippen LogP contribution is 2.43. The van der Waals surface area contributed by atoms with E-state index in [1.807, 2.05) is 36.4 Å². The van der Waals surface area contributed by atoms with Gasteiger partial charge in [0.15, 0.2) is 0 Å². The monoisotopic (exact) mass is 419 g/mol. The normalized spacial score (nSPS) is 11.6. The van der Waals surface area contributed by atoms with Gasteiger partial charge in [-0.15, -0.1) is 0 Å². The number of anilines is 2. The number of rotatable bonds is 4. The van der Waals surface area contributed by atoms with Crippen molar-refractivity contribution in [2.45, 2.75) is 26.2 Å². The van der Waals surface area contributed by atoms with Crippen LogP contribution in [0.2, 0.25) is 0 Å². The quantitative estimate of drug-likeness (QED) is 0.326. The standard InChI is InChI=1S/C28H25N3O/c1-28(2,3)21-14-16-22(17-15-21)31-26-24-23(19-10-6-4-7-11-19)25(20-12-8-5-9-13-20)32-27(24)30-18-29-26/h4-18H,1-3H3,(H,29,30,31). The summed E-state index contributed by atoms with van der Waals surface area (Å²) in [6.07, 6.45) is 1.54. The number of nitrogens with one attached hydrogen (secondary N) is 1. The van der Waals surface area contributed by atoms with E-state index in [1.54, 1.807) is 6.33 Å². The van der Waals surface area contributed by atoms with Crippen LogP contribution in [0.4, 0.5) is 11.5 Å². The second-order valence-electron chi connectivity index (χ2n) is 8.89. The molecule has 0 aliphatic carbocycles. The first-order chi connectivity index (χ1) is 15.5. The Kier molecular flexibility index (Phi) is 4.98. The lowest BCUT2D eigenvalue weighted by atomic mass is 9.87. The molecule has 0 fully saturated rings. The molecule has 2 aromatic heterocycles. The number of fused-ring (bicyclic) bond motifs is 1. The fourth-order valence-electron chi connectivity index (χ4n) is 3.89. The summed E-state index contributed by atoms with van der Waals surface area (Å²) in [6, 6.07) is 28.9. The molecular formula is C28H25N3O. The number of nitrogens with zero attached hydrogens (tertiary/aromatic N) is 2. The van der Waals surface area contributed by atoms with Gasteiger partial charge in [-0.1, -0.05) is 93.6 Å². The van der Waals surface area contributed by atoms with Gasteiger partial charge in [0.05, 0.1) is 5.39 Å². The molecule has 0 aliphatic rings. The summed E-state index contributed by atoms with van der Waals surface area (Å²) in [4.78, 5) is 9.03. The van der Waals surface area contributed by atoms with E-state index in [1.165, 1.54) is 5.56 Å². The van der Waals surface area contributed by atoms with Gasteiger partial charge < -0.3 is 9.73 Å². The van der Waals surface area contributed by atoms with Crippen LogP contribution in [-0.2, 0) is 5.41 Å². The molecule has 0 amide bonds. The van der Waals surface area contributed by atoms with Crippen LogP contribution in [0.5, 0.6) is 0 Å². The summed E-state index contributed by atoms with van der Waals surface area (Å²) >= 11 is 0. The van der Waals surface area contributed by atoms with Crippen LogP contribution in [0.15, 0.2) is 95.7 Å². The lowest BCUT2D eigenvalue weighted by molar-refractivity contribution is 0.590. The molecule has 5 aromatic rings. The minimum atomic E-state index is 0.107. The van der Waals surface area contributed by atoms with Crippen molar-refractivity contribution in [3.8, 4) is 22.5 Å². The molecule has 0 atom stereocenters. The first kappa shape index (κ1) is 20.0. The molecule has 0 bridgehead atoms. The zero-order valence-electron chi connectivity index (χ0n) is 18.5. The zero-order valence-corrected chi connectivity index (χ0v) is 18.5. The van der Waals surface area contributed by atoms with Gasteiger partial charge in [-0.25, -0.2) is 9.97 Å². The summed E-state index contributed by atoms with van der Waals surface area (Å²) in [5.74, 6) is 1.52. The topological polar surface area (TPSA) is 51.0 Å². The van der Waals surface area contributed by atoms with Crippen LogP contribution in [-0.4, -0.2) is 9.97 Å². The molecule has 1 N–H and O–H groups in total. The molecule has 158 valence electrons. The van der Waals surface area contributed by atoms with Gasteiger partial charge >= 0.3 is 0 Å². The SMILES string of the molecule is CC(C)(C)c1ccc(Nc2ncnc3oc(-c4ccccc4)c(-c4ccccc4)c23)cc1. The van der Waals surface area contributed by atoms with Crippen molar-refractivity contribution < 1.29 is 4.42 Å². The van der Waals surface area contributed by atoms with E-state index < -0.39 is 0 Å². The summed E-state index contributed by atoms with van der Waals surface area (Å²) in [5.41, 5.74) is 5.98. The zero-order chi connectivity index (χ0) is 22.1. The Morgan fingerprint density at radius 1 is 0.719 bits per heavy atom. The molecular weight excluding hydrogens is 394 g/mol. The van der Waals surface area contributed by atoms with Crippen molar-refractivity contribution >= 4 is 22.6 Å². The lowest BCUT2D eigenvalue weighted by Gasteiger charge is -2.19. The third kappa shape index (κ3) is 3.76. The summed E-state index contributed by atoms with van der Waals surface area (Å²) in [5, 5.41) is 4.36. The predicted molar refractivity (Wildman–Crippen MR) is 131 cm³/mol. The van der Waals surface area contributed by atoms with Gasteiger partial charge in [-0.2, -0.15) is 0 Å². The lowest BCUT2D eigenvalue weighted by Crippen LogP contribution is -2.10. The maximum Gasteiger partial charge on any atom is 0.232 e. The highest BCUT2D eigenvalue weighted by Gasteiger charge is 2.22. The van der Waals surface area contributed by atoms with Crippen LogP contribution in [0.1, 0.15) is 26.3 Å². The molecule has 0 saturated carbocycles. The third-order valence-electron chi connectivity index (χ3n) is 5.60. The highest BCUT2D eigenvalue weighted by atomic mass is 16.3. The molecule has 5 rings (SSSR count). The smallest absolute Gasteiger partial charge is 0.232 e. The van der Waals surface area contributed by atoms with Crippen molar-refractivity contribution in [2.24, 2.45) is 0 Å². The van der Waals surface area contributed by atoms with Gasteiger partial charge in [0, 0.05) is 16.8 Å². The van der Waals surface area contributed by atoms with Gasteiger partial charge in [0.1, 0.15) is 17.9 Å². The molecule has 0 unspecified atom stereocenters. The van der Waals surface area contributed by atoms with Crippen LogP contribution in [0.3, 0.4) is 0 Å². The predicted octanol–water partition coefficient (Wildman–Crippen LogP) is 7.60. The fourth-order valence-corrected chi connectivity index (χ4v) is 3.89. The van der Waals surface area contributed by atoms with E-state index in [2.05, 4.69) is 84.6 Å². The Morgan fingerprint density at radius 2 is 1.34 bits per heavy atom. The van der Waals surface area contributed by atoms with E-state index in [9.17, 15) is 0 Å². The first-order valence-electron chi connectivity index (χ1n) is 10.8. The average Bonchev–Trinajstić information content (AvgIpc) is 3.21. The van der Waals surface area contributed by atoms with Gasteiger partial charge in [0.2, 0.25) is 5.71 Å². The molecule has 0 spiro atoms. The van der Waals surface area contributed by atoms with Crippen LogP contribution < -0.4 is 5.32 Å². The van der Waals surface area contributed by atoms with Gasteiger partial charge in [-0.05, 0) is 28.7 Å². The first-order valence-corrected chi connectivity index (χ1v) is 10.8. The molecule has 4 heteroatoms. The van der Waals surface area contributed by atoms with E-state index >= 15 is 0 Å². The van der Waals surface area contributed by atoms with E-state index in [-0.39, 0.29) is 5.41 Å². The Bertz CT molecular complexity index is 1350. The summed E-state index contributed by atoms with van der Waals surface area (Å²) < 4.78 is 6.29. The van der Waals surface area contributed by atoms with E-state index in [4.69, 9.17) is 4.42 Å². The summed E-state index contributed by atoms with van der Waals surface area (Å²) in [7, 11) is 0. The van der Waals surface area contributed by atoms with E-state index in [0.29, 0.717) is 5.71 Å². The largest absolute Gasteiger partial charge is 0.437 e. The van der Waals surface area contributed by atoms with Crippen molar-refractivity contribution in [2.75, 3.05) is 5.32 Å². The van der Waals surface area contributed by atoms with Crippen LogP contribution in [0.25, 0.3) is 33.6 Å². The fraction of sp³-hybridized carbons (Fsp3) is 0.143. The third-order valence-corrected chi connectivity index (χ3v) is 5.60. The molecule has 32 heavy (non-hydrogen) atoms. The molecule has 2 heterocycles. The van der Waals surface area contributed by atoms with Crippen molar-refractivity contribution in [3.63, 3.8) is 0 Å². The van der Waals surface area contributed by atoms with Crippen LogP contribution >= 0.6 is 0 Å². The van der Waals surface area contributed by atoms with Crippen molar-refractivity contribution in [3.05, 3.63) is 96.8 Å². The van der Waals surface area contributed by atoms with Crippen molar-refractivity contribution in [1.29, 1.82) is 0 Å². The Hall–Kier alpha value is -3.92. The van der Waals surface area contributed by atoms with Gasteiger partial charge in [0.25, 0.3) is 0 Å². The number of hydrogen-bond acceptors (Lipinski definition) is 4. The second kappa shape index (κ2) is 7.97.